The van der Waals surface area contributed by atoms with Crippen LogP contribution in [0.25, 0.3) is 0 Å². The maximum absolute atomic E-state index is 13.9. The summed E-state index contributed by atoms with van der Waals surface area (Å²) in [5.41, 5.74) is 0. The summed E-state index contributed by atoms with van der Waals surface area (Å²) >= 11 is 0. The van der Waals surface area contributed by atoms with Crippen molar-refractivity contribution < 1.29 is 4.39 Å². The summed E-state index contributed by atoms with van der Waals surface area (Å²) in [6.45, 7) is 3.17. The average Bonchev–Trinajstić information content (AvgIpc) is 3.30. The molecule has 0 spiro atoms. The number of nitrogens with one attached hydrogen (secondary N) is 2. The highest BCUT2D eigenvalue weighted by Crippen LogP contribution is 2.20. The van der Waals surface area contributed by atoms with E-state index in [1.165, 1.54) is 6.07 Å². The number of rotatable bonds is 6. The van der Waals surface area contributed by atoms with Crippen molar-refractivity contribution in [2.45, 2.75) is 25.4 Å². The molecule has 1 atom stereocenters. The monoisotopic (exact) mass is 473 g/mol. The molecule has 26 heavy (non-hydrogen) atoms. The summed E-state index contributed by atoms with van der Waals surface area (Å²) in [5.74, 6) is 0.923. The Kier molecular flexibility index (Phi) is 8.07. The van der Waals surface area contributed by atoms with Gasteiger partial charge in [0.25, 0.3) is 0 Å². The third-order valence-electron chi connectivity index (χ3n) is 4.21. The third kappa shape index (κ3) is 5.55. The van der Waals surface area contributed by atoms with Crippen molar-refractivity contribution >= 4 is 35.8 Å². The highest BCUT2D eigenvalue weighted by atomic mass is 127. The van der Waals surface area contributed by atoms with Crippen LogP contribution < -0.4 is 15.5 Å². The molecule has 1 aliphatic heterocycles. The maximum atomic E-state index is 13.9. The third-order valence-corrected chi connectivity index (χ3v) is 4.21. The molecule has 0 radical (unpaired) electrons. The Morgan fingerprint density at radius 1 is 1.38 bits per heavy atom. The van der Waals surface area contributed by atoms with Crippen molar-refractivity contribution in [3.8, 4) is 0 Å². The van der Waals surface area contributed by atoms with Crippen LogP contribution in [0, 0.1) is 5.82 Å². The van der Waals surface area contributed by atoms with Gasteiger partial charge in [-0.15, -0.1) is 24.0 Å². The maximum Gasteiger partial charge on any atom is 0.191 e. The zero-order valence-corrected chi connectivity index (χ0v) is 17.1. The molecule has 1 fully saturated rings. The average molecular weight is 473 g/mol. The van der Waals surface area contributed by atoms with Crippen LogP contribution in [-0.4, -0.2) is 53.4 Å². The van der Waals surface area contributed by atoms with Crippen molar-refractivity contribution in [2.75, 3.05) is 31.6 Å². The predicted octanol–water partition coefficient (Wildman–Crippen LogP) is 1.87. The fraction of sp³-hybridized carbons (Fsp3) is 0.471. The van der Waals surface area contributed by atoms with Gasteiger partial charge in [0.05, 0.1) is 0 Å². The number of hydrogen-bond donors (Lipinski definition) is 2. The van der Waals surface area contributed by atoms with Crippen molar-refractivity contribution in [1.29, 1.82) is 0 Å². The first-order chi connectivity index (χ1) is 12.3. The van der Waals surface area contributed by atoms with E-state index in [0.717, 1.165) is 38.4 Å². The van der Waals surface area contributed by atoms with Crippen molar-refractivity contribution in [3.05, 3.63) is 42.6 Å². The topological polar surface area (TPSA) is 70.4 Å². The van der Waals surface area contributed by atoms with Crippen LogP contribution in [0.1, 0.15) is 12.8 Å². The molecular weight excluding hydrogens is 448 g/mol. The molecule has 0 aliphatic carbocycles. The molecule has 1 saturated heterocycles. The van der Waals surface area contributed by atoms with E-state index in [1.807, 2.05) is 21.8 Å². The van der Waals surface area contributed by atoms with Gasteiger partial charge in [-0.1, -0.05) is 0 Å². The number of aliphatic imine (C=N–C) groups is 1. The van der Waals surface area contributed by atoms with Gasteiger partial charge >= 0.3 is 0 Å². The Balaban J connectivity index is 0.00000243. The number of hydrogen-bond acceptors (Lipinski definition) is 4. The molecule has 142 valence electrons. The minimum atomic E-state index is -0.274. The number of anilines is 1. The van der Waals surface area contributed by atoms with Crippen molar-refractivity contribution in [2.24, 2.45) is 4.99 Å². The van der Waals surface area contributed by atoms with Gasteiger partial charge in [-0.05, 0) is 31.0 Å². The molecule has 3 heterocycles. The molecule has 2 aromatic rings. The van der Waals surface area contributed by atoms with Crippen LogP contribution in [0.2, 0.25) is 0 Å². The van der Waals surface area contributed by atoms with Crippen LogP contribution in [0.3, 0.4) is 0 Å². The van der Waals surface area contributed by atoms with Gasteiger partial charge < -0.3 is 15.5 Å². The van der Waals surface area contributed by atoms with E-state index in [4.69, 9.17) is 0 Å². The summed E-state index contributed by atoms with van der Waals surface area (Å²) in [6.07, 6.45) is 7.24. The Hall–Kier alpha value is -1.91. The highest BCUT2D eigenvalue weighted by molar-refractivity contribution is 14.0. The van der Waals surface area contributed by atoms with Crippen LogP contribution in [-0.2, 0) is 6.54 Å². The quantitative estimate of drug-likeness (QED) is 0.290. The summed E-state index contributed by atoms with van der Waals surface area (Å²) < 4.78 is 15.8. The lowest BCUT2D eigenvalue weighted by atomic mass is 10.3. The summed E-state index contributed by atoms with van der Waals surface area (Å²) in [5, 5.41) is 10.9. The highest BCUT2D eigenvalue weighted by Gasteiger charge is 2.25. The van der Waals surface area contributed by atoms with Gasteiger partial charge in [0.1, 0.15) is 0 Å². The Morgan fingerprint density at radius 2 is 2.27 bits per heavy atom. The first kappa shape index (κ1) is 20.4. The number of pyridine rings is 1. The molecular formula is C17H25FIN7. The van der Waals surface area contributed by atoms with E-state index in [1.54, 1.807) is 25.5 Å². The summed E-state index contributed by atoms with van der Waals surface area (Å²) in [7, 11) is 1.76. The number of aromatic nitrogens is 3. The van der Waals surface area contributed by atoms with E-state index >= 15 is 0 Å². The molecule has 0 aromatic carbocycles. The van der Waals surface area contributed by atoms with Crippen LogP contribution in [0.5, 0.6) is 0 Å². The fourth-order valence-electron chi connectivity index (χ4n) is 2.95. The SMILES string of the molecule is CN=C(NCCCn1cccn1)NC1CCN(c2ncccc2F)C1.I. The van der Waals surface area contributed by atoms with Crippen molar-refractivity contribution in [3.63, 3.8) is 0 Å². The molecule has 3 rings (SSSR count). The van der Waals surface area contributed by atoms with Gasteiger partial charge in [-0.25, -0.2) is 9.37 Å². The Labute approximate surface area is 170 Å². The minimum absolute atomic E-state index is 0. The largest absolute Gasteiger partial charge is 0.356 e. The second-order valence-electron chi connectivity index (χ2n) is 6.01. The van der Waals surface area contributed by atoms with E-state index < -0.39 is 0 Å². The smallest absolute Gasteiger partial charge is 0.191 e. The molecule has 7 nitrogen and oxygen atoms in total. The van der Waals surface area contributed by atoms with E-state index in [9.17, 15) is 4.39 Å². The van der Waals surface area contributed by atoms with Gasteiger partial charge in [0, 0.05) is 57.9 Å². The van der Waals surface area contributed by atoms with E-state index in [2.05, 4.69) is 25.7 Å². The number of halogens is 2. The summed E-state index contributed by atoms with van der Waals surface area (Å²) in [6, 6.07) is 5.20. The molecule has 0 amide bonds. The predicted molar refractivity (Wildman–Crippen MR) is 112 cm³/mol. The molecule has 1 aliphatic rings. The van der Waals surface area contributed by atoms with Gasteiger partial charge in [0.15, 0.2) is 17.6 Å². The fourth-order valence-corrected chi connectivity index (χ4v) is 2.95. The molecule has 9 heteroatoms. The van der Waals surface area contributed by atoms with Crippen LogP contribution in [0.4, 0.5) is 10.2 Å². The number of nitrogens with zero attached hydrogens (tertiary/aromatic N) is 5. The zero-order valence-electron chi connectivity index (χ0n) is 14.8. The first-order valence-corrected chi connectivity index (χ1v) is 8.56. The van der Waals surface area contributed by atoms with Crippen LogP contribution >= 0.6 is 24.0 Å². The first-order valence-electron chi connectivity index (χ1n) is 8.56. The lowest BCUT2D eigenvalue weighted by Gasteiger charge is -2.20. The van der Waals surface area contributed by atoms with E-state index in [0.29, 0.717) is 12.4 Å². The number of aryl methyl sites for hydroxylation is 1. The number of guanidine groups is 1. The molecule has 2 N–H and O–H groups in total. The molecule has 0 saturated carbocycles. The van der Waals surface area contributed by atoms with Gasteiger partial charge in [0.2, 0.25) is 0 Å². The van der Waals surface area contributed by atoms with Crippen LogP contribution in [0.15, 0.2) is 41.8 Å². The standard InChI is InChI=1S/C17H24FN7.HI/c1-19-17(21-8-3-10-25-11-4-9-22-25)23-14-6-12-24(13-14)16-15(18)5-2-7-20-16;/h2,4-5,7,9,11,14H,3,6,8,10,12-13H2,1H3,(H2,19,21,23);1H. The van der Waals surface area contributed by atoms with Gasteiger partial charge in [-0.3, -0.25) is 9.67 Å². The Morgan fingerprint density at radius 3 is 3.00 bits per heavy atom. The normalized spacial score (nSPS) is 17.1. The second kappa shape index (κ2) is 10.3. The summed E-state index contributed by atoms with van der Waals surface area (Å²) in [4.78, 5) is 10.4. The molecule has 2 aromatic heterocycles. The second-order valence-corrected chi connectivity index (χ2v) is 6.01. The zero-order chi connectivity index (χ0) is 17.5. The minimum Gasteiger partial charge on any atom is -0.356 e. The van der Waals surface area contributed by atoms with Crippen molar-refractivity contribution in [1.82, 2.24) is 25.4 Å². The van der Waals surface area contributed by atoms with E-state index in [-0.39, 0.29) is 35.8 Å². The lowest BCUT2D eigenvalue weighted by molar-refractivity contribution is 0.565. The molecule has 0 bridgehead atoms. The molecule has 1 unspecified atom stereocenters. The lowest BCUT2D eigenvalue weighted by Crippen LogP contribution is -2.45. The Bertz CT molecular complexity index is 692. The van der Waals surface area contributed by atoms with Gasteiger partial charge in [-0.2, -0.15) is 5.10 Å².